The van der Waals surface area contributed by atoms with E-state index in [4.69, 9.17) is 5.26 Å². The molecule has 1 aromatic rings. The van der Waals surface area contributed by atoms with Crippen molar-refractivity contribution in [1.29, 1.82) is 5.26 Å². The predicted molar refractivity (Wildman–Crippen MR) is 79.4 cm³/mol. The highest BCUT2D eigenvalue weighted by Gasteiger charge is 2.00. The van der Waals surface area contributed by atoms with Gasteiger partial charge in [0.05, 0.1) is 6.07 Å². The van der Waals surface area contributed by atoms with Crippen molar-refractivity contribution in [2.45, 2.75) is 26.7 Å². The highest BCUT2D eigenvalue weighted by Crippen LogP contribution is 2.17. The number of aryl methyl sites for hydroxylation is 1. The molecule has 18 heavy (non-hydrogen) atoms. The minimum atomic E-state index is 0.337. The third-order valence-electron chi connectivity index (χ3n) is 2.61. The minimum absolute atomic E-state index is 0.337. The van der Waals surface area contributed by atoms with Gasteiger partial charge < -0.3 is 0 Å². The summed E-state index contributed by atoms with van der Waals surface area (Å²) < 4.78 is 0. The van der Waals surface area contributed by atoms with Gasteiger partial charge in [-0.1, -0.05) is 48.9 Å². The molecule has 0 aliphatic carbocycles. The summed E-state index contributed by atoms with van der Waals surface area (Å²) in [6, 6.07) is 10.6. The Kier molecular flexibility index (Phi) is 7.98. The first-order valence-corrected chi connectivity index (χ1v) is 5.98. The molecule has 94 valence electrons. The van der Waals surface area contributed by atoms with Crippen LogP contribution in [-0.2, 0) is 0 Å². The minimum Gasteiger partial charge on any atom is -0.192 e. The van der Waals surface area contributed by atoms with Gasteiger partial charge in [0.25, 0.3) is 0 Å². The van der Waals surface area contributed by atoms with E-state index in [1.807, 2.05) is 19.1 Å². The molecule has 1 unspecified atom stereocenters. The molecule has 0 heterocycles. The summed E-state index contributed by atoms with van der Waals surface area (Å²) in [4.78, 5) is 0. The maximum absolute atomic E-state index is 8.78. The number of benzene rings is 1. The summed E-state index contributed by atoms with van der Waals surface area (Å²) >= 11 is 0. The van der Waals surface area contributed by atoms with Gasteiger partial charge in [-0.2, -0.15) is 5.26 Å². The molecule has 0 aliphatic rings. The van der Waals surface area contributed by atoms with Gasteiger partial charge in [-0.15, -0.1) is 13.2 Å². The Hall–Kier alpha value is -2.07. The normalized spacial score (nSPS) is 12.4. The van der Waals surface area contributed by atoms with Crippen LogP contribution in [0.3, 0.4) is 0 Å². The fourth-order valence-electron chi connectivity index (χ4n) is 1.43. The number of hydrogen-bond acceptors (Lipinski definition) is 1. The first-order valence-electron chi connectivity index (χ1n) is 5.98. The highest BCUT2D eigenvalue weighted by molar-refractivity contribution is 5.35. The number of hydrogen-bond donors (Lipinski definition) is 0. The van der Waals surface area contributed by atoms with Crippen molar-refractivity contribution in [1.82, 2.24) is 0 Å². The van der Waals surface area contributed by atoms with E-state index in [0.717, 1.165) is 0 Å². The van der Waals surface area contributed by atoms with E-state index in [0.29, 0.717) is 11.5 Å². The summed E-state index contributed by atoms with van der Waals surface area (Å²) in [7, 11) is 0. The molecule has 0 N–H and O–H groups in total. The standard InChI is InChI=1S/C15H17N.C2H4/c1-4-14(11-16)8-7-13(3)15-9-5-12(2)6-10-15;1-2/h4-10,13H,1-3H3;1-2H2/b8-7-,14-4+;. The summed E-state index contributed by atoms with van der Waals surface area (Å²) in [5, 5.41) is 8.78. The molecule has 0 aliphatic heterocycles. The molecule has 0 bridgehead atoms. The lowest BCUT2D eigenvalue weighted by molar-refractivity contribution is 0.965. The molecule has 0 saturated heterocycles. The van der Waals surface area contributed by atoms with Gasteiger partial charge in [-0.25, -0.2) is 0 Å². The smallest absolute Gasteiger partial charge is 0.0987 e. The molecular weight excluding hydrogens is 218 g/mol. The van der Waals surface area contributed by atoms with E-state index in [2.05, 4.69) is 63.4 Å². The molecular formula is C17H21N. The number of rotatable bonds is 3. The molecule has 1 nitrogen and oxygen atoms in total. The van der Waals surface area contributed by atoms with Gasteiger partial charge in [0.15, 0.2) is 0 Å². The maximum Gasteiger partial charge on any atom is 0.0987 e. The van der Waals surface area contributed by atoms with Crippen LogP contribution in [0.5, 0.6) is 0 Å². The predicted octanol–water partition coefficient (Wildman–Crippen LogP) is 4.93. The van der Waals surface area contributed by atoms with Gasteiger partial charge >= 0.3 is 0 Å². The van der Waals surface area contributed by atoms with Crippen molar-refractivity contribution in [3.05, 3.63) is 72.4 Å². The van der Waals surface area contributed by atoms with E-state index < -0.39 is 0 Å². The highest BCUT2D eigenvalue weighted by atomic mass is 14.2. The molecule has 0 fully saturated rings. The SMILES string of the molecule is C/C=C(C#N)\C=C/C(C)c1ccc(C)cc1.C=C. The Morgan fingerprint density at radius 1 is 1.28 bits per heavy atom. The number of nitriles is 1. The zero-order valence-electron chi connectivity index (χ0n) is 11.5. The summed E-state index contributed by atoms with van der Waals surface area (Å²) in [6.07, 6.45) is 5.76. The third-order valence-corrected chi connectivity index (χ3v) is 2.61. The van der Waals surface area contributed by atoms with Crippen molar-refractivity contribution >= 4 is 0 Å². The van der Waals surface area contributed by atoms with Crippen LogP contribution in [0.15, 0.2) is 61.2 Å². The van der Waals surface area contributed by atoms with Crippen LogP contribution in [0.1, 0.15) is 30.9 Å². The lowest BCUT2D eigenvalue weighted by Gasteiger charge is -2.06. The van der Waals surface area contributed by atoms with E-state index in [-0.39, 0.29) is 0 Å². The lowest BCUT2D eigenvalue weighted by Crippen LogP contribution is -1.89. The van der Waals surface area contributed by atoms with Crippen LogP contribution >= 0.6 is 0 Å². The fraction of sp³-hybridized carbons (Fsp3) is 0.235. The van der Waals surface area contributed by atoms with E-state index >= 15 is 0 Å². The zero-order valence-corrected chi connectivity index (χ0v) is 11.5. The van der Waals surface area contributed by atoms with Crippen LogP contribution in [0.4, 0.5) is 0 Å². The Balaban J connectivity index is 0.00000137. The molecule has 1 rings (SSSR count). The topological polar surface area (TPSA) is 23.8 Å². The Morgan fingerprint density at radius 3 is 2.28 bits per heavy atom. The second kappa shape index (κ2) is 9.01. The molecule has 0 aromatic heterocycles. The van der Waals surface area contributed by atoms with Gasteiger partial charge in [-0.3, -0.25) is 0 Å². The largest absolute Gasteiger partial charge is 0.192 e. The van der Waals surface area contributed by atoms with Gasteiger partial charge in [-0.05, 0) is 31.4 Å². The van der Waals surface area contributed by atoms with Crippen molar-refractivity contribution in [2.75, 3.05) is 0 Å². The average molecular weight is 239 g/mol. The fourth-order valence-corrected chi connectivity index (χ4v) is 1.43. The quantitative estimate of drug-likeness (QED) is 0.417. The van der Waals surface area contributed by atoms with E-state index in [1.165, 1.54) is 11.1 Å². The first kappa shape index (κ1) is 15.9. The Labute approximate surface area is 111 Å². The lowest BCUT2D eigenvalue weighted by atomic mass is 9.99. The number of nitrogens with zero attached hydrogens (tertiary/aromatic N) is 1. The molecule has 1 atom stereocenters. The van der Waals surface area contributed by atoms with Crippen LogP contribution < -0.4 is 0 Å². The Morgan fingerprint density at radius 2 is 1.83 bits per heavy atom. The molecule has 1 aromatic carbocycles. The van der Waals surface area contributed by atoms with Crippen LogP contribution in [-0.4, -0.2) is 0 Å². The number of allylic oxidation sites excluding steroid dienone is 4. The van der Waals surface area contributed by atoms with Gasteiger partial charge in [0.2, 0.25) is 0 Å². The van der Waals surface area contributed by atoms with Gasteiger partial charge in [0.1, 0.15) is 0 Å². The van der Waals surface area contributed by atoms with E-state index in [9.17, 15) is 0 Å². The average Bonchev–Trinajstić information content (AvgIpc) is 2.42. The first-order chi connectivity index (χ1) is 8.67. The summed E-state index contributed by atoms with van der Waals surface area (Å²) in [5.41, 5.74) is 3.25. The zero-order chi connectivity index (χ0) is 14.0. The second-order valence-electron chi connectivity index (χ2n) is 3.91. The van der Waals surface area contributed by atoms with Gasteiger partial charge in [0, 0.05) is 5.57 Å². The molecule has 1 heteroatoms. The van der Waals surface area contributed by atoms with Crippen molar-refractivity contribution in [3.8, 4) is 6.07 Å². The summed E-state index contributed by atoms with van der Waals surface area (Å²) in [5.74, 6) is 0.337. The summed E-state index contributed by atoms with van der Waals surface area (Å²) in [6.45, 7) is 12.1. The Bertz CT molecular complexity index is 443. The third kappa shape index (κ3) is 5.32. The van der Waals surface area contributed by atoms with Crippen molar-refractivity contribution in [3.63, 3.8) is 0 Å². The van der Waals surface area contributed by atoms with Crippen LogP contribution in [0.25, 0.3) is 0 Å². The molecule has 0 saturated carbocycles. The van der Waals surface area contributed by atoms with E-state index in [1.54, 1.807) is 0 Å². The maximum atomic E-state index is 8.78. The van der Waals surface area contributed by atoms with Crippen LogP contribution in [0, 0.1) is 18.3 Å². The molecule has 0 radical (unpaired) electrons. The van der Waals surface area contributed by atoms with Crippen molar-refractivity contribution in [2.24, 2.45) is 0 Å². The van der Waals surface area contributed by atoms with Crippen LogP contribution in [0.2, 0.25) is 0 Å². The van der Waals surface area contributed by atoms with Crippen molar-refractivity contribution < 1.29 is 0 Å². The molecule has 0 amide bonds. The molecule has 0 spiro atoms. The second-order valence-corrected chi connectivity index (χ2v) is 3.91. The monoisotopic (exact) mass is 239 g/mol.